The van der Waals surface area contributed by atoms with Gasteiger partial charge in [0.2, 0.25) is 11.8 Å². The lowest BCUT2D eigenvalue weighted by Gasteiger charge is -2.36. The fourth-order valence-electron chi connectivity index (χ4n) is 6.56. The molecule has 0 aromatic rings. The maximum atomic E-state index is 13.3. The minimum Gasteiger partial charge on any atom is -0.481 e. The maximum absolute atomic E-state index is 13.3. The van der Waals surface area contributed by atoms with Crippen molar-refractivity contribution in [3.63, 3.8) is 0 Å². The van der Waals surface area contributed by atoms with E-state index in [9.17, 15) is 69.6 Å². The molecule has 21 nitrogen and oxygen atoms in total. The molecule has 0 spiro atoms. The Morgan fingerprint density at radius 2 is 1.24 bits per heavy atom. The smallest absolute Gasteiger partial charge is 0.311 e. The third-order valence-corrected chi connectivity index (χ3v) is 8.82. The Balaban J connectivity index is 2.48. The standard InChI is InChI=1S/C28H44BN5O16/c1-8(37)32-18(20(41)14(39)6-35)10-3-4-11(24(43)44)22(10)49-26(47)17(29)27(48)50-23-12(25(45)46)5-13(34-28(30)31)16(23)19(33-9(2)38)21(42)15(40)7-36/h10-23,35-36,39-42H,3-7H2,1-2H3,(H,32,37)(H,33,38)(H,43,44)(H,45,46)(H4,30,31,34)/t10-,11+,12+,13-,14+,15+,16-,17?,18+,19+,20+,21+,22+,23-/m1/s1. The summed E-state index contributed by atoms with van der Waals surface area (Å²) in [7, 11) is 5.84. The second-order valence-electron chi connectivity index (χ2n) is 12.3. The topological polar surface area (TPSA) is 371 Å². The van der Waals surface area contributed by atoms with Crippen LogP contribution < -0.4 is 22.1 Å². The van der Waals surface area contributed by atoms with E-state index in [1.807, 2.05) is 0 Å². The molecule has 280 valence electrons. The number of aliphatic imine (C=N–C) groups is 1. The van der Waals surface area contributed by atoms with Crippen molar-refractivity contribution >= 4 is 49.5 Å². The van der Waals surface area contributed by atoms with Crippen LogP contribution in [0, 0.1) is 23.7 Å². The summed E-state index contributed by atoms with van der Waals surface area (Å²) in [5, 5.41) is 84.9. The van der Waals surface area contributed by atoms with Crippen molar-refractivity contribution in [1.29, 1.82) is 0 Å². The van der Waals surface area contributed by atoms with Crippen molar-refractivity contribution in [2.24, 2.45) is 40.1 Å². The summed E-state index contributed by atoms with van der Waals surface area (Å²) in [4.78, 5) is 78.9. The van der Waals surface area contributed by atoms with Gasteiger partial charge in [-0.3, -0.25) is 28.8 Å². The van der Waals surface area contributed by atoms with Gasteiger partial charge in [0.05, 0.1) is 43.2 Å². The lowest BCUT2D eigenvalue weighted by Crippen LogP contribution is -2.57. The Hall–Kier alpha value is -4.09. The lowest BCUT2D eigenvalue weighted by atomic mass is 9.84. The normalized spacial score (nSPS) is 28.8. The number of hydrogen-bond acceptors (Lipinski definition) is 15. The van der Waals surface area contributed by atoms with Crippen LogP contribution in [0.5, 0.6) is 0 Å². The summed E-state index contributed by atoms with van der Waals surface area (Å²) in [6.07, 6.45) is -11.8. The minimum atomic E-state index is -2.37. The Morgan fingerprint density at radius 1 is 0.780 bits per heavy atom. The van der Waals surface area contributed by atoms with Gasteiger partial charge in [0.1, 0.15) is 50.3 Å². The van der Waals surface area contributed by atoms with E-state index in [1.54, 1.807) is 0 Å². The average molecular weight is 717 g/mol. The van der Waals surface area contributed by atoms with Gasteiger partial charge >= 0.3 is 23.9 Å². The maximum Gasteiger partial charge on any atom is 0.311 e. The number of carbonyl (C=O) groups excluding carboxylic acids is 4. The molecule has 2 amide bonds. The third kappa shape index (κ3) is 10.2. The molecule has 1 unspecified atom stereocenters. The van der Waals surface area contributed by atoms with E-state index in [-0.39, 0.29) is 12.8 Å². The summed E-state index contributed by atoms with van der Waals surface area (Å²) in [6.45, 7) is 0.104. The van der Waals surface area contributed by atoms with Crippen molar-refractivity contribution in [2.45, 2.75) is 93.7 Å². The fraction of sp³-hybridized carbons (Fsp3) is 0.750. The Morgan fingerprint density at radius 3 is 1.68 bits per heavy atom. The molecule has 14 N–H and O–H groups in total. The van der Waals surface area contributed by atoms with Gasteiger partial charge in [-0.15, -0.1) is 0 Å². The van der Waals surface area contributed by atoms with Crippen LogP contribution in [-0.2, 0) is 38.2 Å². The highest BCUT2D eigenvalue weighted by Gasteiger charge is 2.55. The van der Waals surface area contributed by atoms with Crippen LogP contribution in [0.15, 0.2) is 4.99 Å². The number of aliphatic hydroxyl groups is 6. The molecular formula is C28H44BN5O16. The van der Waals surface area contributed by atoms with Crippen LogP contribution >= 0.6 is 0 Å². The van der Waals surface area contributed by atoms with Crippen LogP contribution in [-0.4, -0.2) is 158 Å². The van der Waals surface area contributed by atoms with Crippen LogP contribution in [0.4, 0.5) is 0 Å². The average Bonchev–Trinajstić information content (AvgIpc) is 3.61. The number of aliphatic hydroxyl groups excluding tert-OH is 6. The molecule has 22 heteroatoms. The number of amides is 2. The Bertz CT molecular complexity index is 1290. The van der Waals surface area contributed by atoms with Gasteiger partial charge < -0.3 is 72.4 Å². The minimum absolute atomic E-state index is 0.0858. The molecular weight excluding hydrogens is 673 g/mol. The summed E-state index contributed by atoms with van der Waals surface area (Å²) in [6, 6.07) is -4.40. The highest BCUT2D eigenvalue weighted by molar-refractivity contribution is 6.34. The predicted molar refractivity (Wildman–Crippen MR) is 165 cm³/mol. The van der Waals surface area contributed by atoms with Crippen LogP contribution in [0.2, 0.25) is 5.82 Å². The number of aliphatic carboxylic acids is 2. The van der Waals surface area contributed by atoms with E-state index in [1.165, 1.54) is 0 Å². The molecule has 2 radical (unpaired) electrons. The quantitative estimate of drug-likeness (QED) is 0.0219. The number of guanidine groups is 1. The first-order valence-corrected chi connectivity index (χ1v) is 15.5. The lowest BCUT2D eigenvalue weighted by molar-refractivity contribution is -0.169. The van der Waals surface area contributed by atoms with E-state index in [0.717, 1.165) is 13.8 Å². The number of carbonyl (C=O) groups is 6. The van der Waals surface area contributed by atoms with E-state index >= 15 is 0 Å². The molecule has 0 aliphatic heterocycles. The number of nitrogens with zero attached hydrogens (tertiary/aromatic N) is 1. The summed E-state index contributed by atoms with van der Waals surface area (Å²) in [5.74, 6) is -16.5. The molecule has 14 atom stereocenters. The second kappa shape index (κ2) is 18.2. The molecule has 0 saturated heterocycles. The SMILES string of the molecule is [B]C(C(=O)O[C@H]1[C@@H]([C@H](NC(C)=O)[C@@H](O)[C@@H](O)CO)CC[C@@H]1C(=O)O)C(=O)O[C@H]1[C@@H]([C@H](NC(C)=O)[C@@H](O)[C@@H](O)CO)[C@H](N=C(N)N)C[C@@H]1C(=O)O. The predicted octanol–water partition coefficient (Wildman–Crippen LogP) is -6.32. The molecule has 0 bridgehead atoms. The first-order chi connectivity index (χ1) is 23.3. The largest absolute Gasteiger partial charge is 0.481 e. The van der Waals surface area contributed by atoms with Gasteiger partial charge in [-0.1, -0.05) is 0 Å². The van der Waals surface area contributed by atoms with Crippen LogP contribution in [0.25, 0.3) is 0 Å². The molecule has 0 aromatic carbocycles. The molecule has 2 fully saturated rings. The number of rotatable bonds is 17. The van der Waals surface area contributed by atoms with Crippen molar-refractivity contribution < 1.29 is 79.1 Å². The molecule has 2 rings (SSSR count). The second-order valence-corrected chi connectivity index (χ2v) is 12.3. The molecule has 2 saturated carbocycles. The summed E-state index contributed by atoms with van der Waals surface area (Å²) >= 11 is 0. The van der Waals surface area contributed by atoms with Gasteiger partial charge in [-0.2, -0.15) is 0 Å². The van der Waals surface area contributed by atoms with Crippen molar-refractivity contribution in [1.82, 2.24) is 10.6 Å². The zero-order chi connectivity index (χ0) is 38.2. The molecule has 50 heavy (non-hydrogen) atoms. The Kier molecular flexibility index (Phi) is 15.4. The van der Waals surface area contributed by atoms with Crippen LogP contribution in [0.1, 0.15) is 33.1 Å². The van der Waals surface area contributed by atoms with Gasteiger partial charge in [0.25, 0.3) is 0 Å². The van der Waals surface area contributed by atoms with E-state index in [0.29, 0.717) is 0 Å². The molecule has 0 aromatic heterocycles. The number of nitrogens with one attached hydrogen (secondary N) is 2. The van der Waals surface area contributed by atoms with E-state index < -0.39 is 146 Å². The molecule has 2 aliphatic carbocycles. The summed E-state index contributed by atoms with van der Waals surface area (Å²) < 4.78 is 10.7. The van der Waals surface area contributed by atoms with Crippen molar-refractivity contribution in [3.05, 3.63) is 0 Å². The Labute approximate surface area is 286 Å². The third-order valence-electron chi connectivity index (χ3n) is 8.82. The van der Waals surface area contributed by atoms with E-state index in [2.05, 4.69) is 15.6 Å². The van der Waals surface area contributed by atoms with Crippen LogP contribution in [0.3, 0.4) is 0 Å². The van der Waals surface area contributed by atoms with Gasteiger partial charge in [0.15, 0.2) is 5.96 Å². The highest BCUT2D eigenvalue weighted by Crippen LogP contribution is 2.41. The molecule has 0 heterocycles. The number of carboxylic acids is 2. The zero-order valence-electron chi connectivity index (χ0n) is 27.1. The van der Waals surface area contributed by atoms with Gasteiger partial charge in [-0.05, 0) is 19.3 Å². The first kappa shape index (κ1) is 42.1. The van der Waals surface area contributed by atoms with Gasteiger partial charge in [0, 0.05) is 25.7 Å². The monoisotopic (exact) mass is 717 g/mol. The highest BCUT2D eigenvalue weighted by atomic mass is 16.6. The van der Waals surface area contributed by atoms with Crippen molar-refractivity contribution in [2.75, 3.05) is 13.2 Å². The first-order valence-electron chi connectivity index (χ1n) is 15.5. The number of esters is 2. The zero-order valence-corrected chi connectivity index (χ0v) is 27.1. The fourth-order valence-corrected chi connectivity index (χ4v) is 6.56. The summed E-state index contributed by atoms with van der Waals surface area (Å²) in [5.41, 5.74) is 11.0. The number of ether oxygens (including phenoxy) is 2. The molecule has 2 aliphatic rings. The van der Waals surface area contributed by atoms with Gasteiger partial charge in [-0.25, -0.2) is 4.99 Å². The van der Waals surface area contributed by atoms with Crippen molar-refractivity contribution in [3.8, 4) is 0 Å². The number of hydrogen-bond donors (Lipinski definition) is 12. The number of carboxylic acid groups (broad SMARTS) is 2. The number of nitrogens with two attached hydrogens (primary N) is 2. The van der Waals surface area contributed by atoms with E-state index in [4.69, 9.17) is 28.8 Å².